The molecule has 1 heterocycles. The van der Waals surface area contributed by atoms with Crippen LogP contribution >= 0.6 is 0 Å². The molecule has 0 aliphatic heterocycles. The molecule has 1 aromatic rings. The first kappa shape index (κ1) is 22.4. The maximum Gasteiger partial charge on any atom is 1.00 e. The normalized spacial score (nSPS) is 7.38. The van der Waals surface area contributed by atoms with Gasteiger partial charge in [-0.3, -0.25) is 0 Å². The molecule has 9 heteroatoms. The van der Waals surface area contributed by atoms with Crippen LogP contribution in [0.4, 0.5) is 4.79 Å². The van der Waals surface area contributed by atoms with Crippen LogP contribution in [0.5, 0.6) is 0 Å². The number of aryl methyl sites for hydroxylation is 1. The summed E-state index contributed by atoms with van der Waals surface area (Å²) in [5, 5.41) is 20.2. The van der Waals surface area contributed by atoms with Crippen molar-refractivity contribution in [2.75, 3.05) is 7.11 Å². The molecule has 0 bridgehead atoms. The number of ether oxygens (including phenoxy) is 1. The summed E-state index contributed by atoms with van der Waals surface area (Å²) in [7, 11) is 1.29. The van der Waals surface area contributed by atoms with E-state index in [1.807, 2.05) is 0 Å². The van der Waals surface area contributed by atoms with Crippen LogP contribution in [-0.4, -0.2) is 24.4 Å². The molecule has 0 amide bonds. The van der Waals surface area contributed by atoms with Gasteiger partial charge in [-0.2, -0.15) is 0 Å². The Hall–Kier alpha value is 1.22. The predicted octanol–water partition coefficient (Wildman–Crippen LogP) is -7.67. The van der Waals surface area contributed by atoms with Crippen molar-refractivity contribution < 1.29 is 132 Å². The maximum absolute atomic E-state index is 10.7. The monoisotopic (exact) mass is 279 g/mol. The van der Waals surface area contributed by atoms with Crippen molar-refractivity contribution in [1.82, 2.24) is 5.16 Å². The van der Waals surface area contributed by atoms with Crippen LogP contribution in [0.15, 0.2) is 10.6 Å². The summed E-state index contributed by atoms with van der Waals surface area (Å²) in [6, 6.07) is 1.52. The first-order chi connectivity index (χ1) is 6.47. The van der Waals surface area contributed by atoms with Gasteiger partial charge in [0.15, 0.2) is 0 Å². The molecule has 0 atom stereocenters. The van der Waals surface area contributed by atoms with E-state index in [1.165, 1.54) is 13.2 Å². The summed E-state index contributed by atoms with van der Waals surface area (Å²) in [6.07, 6.45) is -2.33. The molecule has 1 rings (SSSR count). The minimum Gasteiger partial charge on any atom is -0.652 e. The fraction of sp³-hybridized carbons (Fsp3) is 0.286. The summed E-state index contributed by atoms with van der Waals surface area (Å²) in [4.78, 5) is 19.0. The SMILES string of the molecule is COC(=O)c1cc(C)no1.O=C([O-])[O-].[K+].[K+]. The number of esters is 1. The van der Waals surface area contributed by atoms with E-state index in [0.717, 1.165) is 0 Å². The summed E-state index contributed by atoms with van der Waals surface area (Å²) < 4.78 is 8.97. The van der Waals surface area contributed by atoms with Crippen LogP contribution in [0.3, 0.4) is 0 Å². The summed E-state index contributed by atoms with van der Waals surface area (Å²) >= 11 is 0. The molecule has 0 saturated carbocycles. The van der Waals surface area contributed by atoms with Crippen molar-refractivity contribution >= 4 is 12.1 Å². The van der Waals surface area contributed by atoms with Crippen molar-refractivity contribution in [1.29, 1.82) is 0 Å². The van der Waals surface area contributed by atoms with Gasteiger partial charge in [-0.25, -0.2) is 4.79 Å². The molecule has 0 aromatic carbocycles. The molecule has 78 valence electrons. The third-order valence-electron chi connectivity index (χ3n) is 1.01. The second kappa shape index (κ2) is 12.7. The number of carbonyl (C=O) groups excluding carboxylic acids is 2. The second-order valence-electron chi connectivity index (χ2n) is 2.07. The summed E-state index contributed by atoms with van der Waals surface area (Å²) in [5.41, 5.74) is 0.667. The van der Waals surface area contributed by atoms with E-state index in [1.54, 1.807) is 6.92 Å². The molecule has 0 N–H and O–H groups in total. The standard InChI is InChI=1S/C6H7NO3.CH2O3.2K/c1-4-3-5(10-7-4)6(8)9-2;2-1(3)4;;/h3H,1-2H3;(H2,2,3,4);;/q;;2*+1/p-2. The molecular formula is C7H7K2NO6. The minimum absolute atomic E-state index is 0. The fourth-order valence-corrected chi connectivity index (χ4v) is 0.560. The van der Waals surface area contributed by atoms with Gasteiger partial charge in [0.2, 0.25) is 5.76 Å². The van der Waals surface area contributed by atoms with E-state index in [0.29, 0.717) is 5.69 Å². The number of carbonyl (C=O) groups is 2. The first-order valence-corrected chi connectivity index (χ1v) is 3.37. The zero-order valence-corrected chi connectivity index (χ0v) is 15.7. The van der Waals surface area contributed by atoms with E-state index in [2.05, 4.69) is 14.4 Å². The zero-order chi connectivity index (χ0) is 11.1. The molecule has 16 heavy (non-hydrogen) atoms. The van der Waals surface area contributed by atoms with Gasteiger partial charge in [0.05, 0.1) is 12.8 Å². The number of hydrogen-bond acceptors (Lipinski definition) is 7. The topological polar surface area (TPSA) is 116 Å². The Morgan fingerprint density at radius 2 is 1.81 bits per heavy atom. The van der Waals surface area contributed by atoms with E-state index in [4.69, 9.17) is 15.0 Å². The Morgan fingerprint density at radius 1 is 1.38 bits per heavy atom. The van der Waals surface area contributed by atoms with Crippen LogP contribution < -0.4 is 113 Å². The second-order valence-corrected chi connectivity index (χ2v) is 2.07. The quantitative estimate of drug-likeness (QED) is 0.370. The Balaban J connectivity index is -0.000000249. The van der Waals surface area contributed by atoms with Gasteiger partial charge in [0.1, 0.15) is 0 Å². The average Bonchev–Trinajstić information content (AvgIpc) is 2.49. The van der Waals surface area contributed by atoms with E-state index < -0.39 is 12.1 Å². The van der Waals surface area contributed by atoms with Crippen LogP contribution in [-0.2, 0) is 4.74 Å². The van der Waals surface area contributed by atoms with Gasteiger partial charge < -0.3 is 24.3 Å². The van der Waals surface area contributed by atoms with Crippen LogP contribution in [0.2, 0.25) is 0 Å². The Labute approximate surface area is 177 Å². The molecule has 7 nitrogen and oxygen atoms in total. The fourth-order valence-electron chi connectivity index (χ4n) is 0.560. The first-order valence-electron chi connectivity index (χ1n) is 3.37. The van der Waals surface area contributed by atoms with E-state index in [-0.39, 0.29) is 109 Å². The van der Waals surface area contributed by atoms with Crippen molar-refractivity contribution in [3.63, 3.8) is 0 Å². The molecular weight excluding hydrogens is 272 g/mol. The summed E-state index contributed by atoms with van der Waals surface area (Å²) in [5.74, 6) is -0.361. The average molecular weight is 279 g/mol. The minimum atomic E-state index is -2.33. The van der Waals surface area contributed by atoms with Crippen LogP contribution in [0.25, 0.3) is 0 Å². The molecule has 1 aromatic heterocycles. The largest absolute Gasteiger partial charge is 1.00 e. The molecule has 0 unspecified atom stereocenters. The molecule has 0 fully saturated rings. The number of hydrogen-bond donors (Lipinski definition) is 0. The Morgan fingerprint density at radius 3 is 2.06 bits per heavy atom. The Bertz CT molecular complexity index is 322. The van der Waals surface area contributed by atoms with Crippen LogP contribution in [0.1, 0.15) is 16.2 Å². The molecule has 0 radical (unpaired) electrons. The third-order valence-corrected chi connectivity index (χ3v) is 1.01. The van der Waals surface area contributed by atoms with E-state index >= 15 is 0 Å². The number of aromatic nitrogens is 1. The number of nitrogens with zero attached hydrogens (tertiary/aromatic N) is 1. The maximum atomic E-state index is 10.7. The van der Waals surface area contributed by atoms with Gasteiger partial charge >= 0.3 is 109 Å². The van der Waals surface area contributed by atoms with Gasteiger partial charge in [-0.05, 0) is 13.1 Å². The van der Waals surface area contributed by atoms with Crippen molar-refractivity contribution in [3.8, 4) is 0 Å². The van der Waals surface area contributed by atoms with Gasteiger partial charge in [-0.1, -0.05) is 5.16 Å². The zero-order valence-electron chi connectivity index (χ0n) is 9.47. The van der Waals surface area contributed by atoms with Gasteiger partial charge in [0.25, 0.3) is 0 Å². The molecule has 0 aliphatic carbocycles. The molecule has 0 aliphatic rings. The smallest absolute Gasteiger partial charge is 0.652 e. The van der Waals surface area contributed by atoms with Crippen molar-refractivity contribution in [3.05, 3.63) is 17.5 Å². The third kappa shape index (κ3) is 11.7. The number of methoxy groups -OCH3 is 1. The Kier molecular flexibility index (Phi) is 17.7. The molecule has 0 saturated heterocycles. The molecule has 0 spiro atoms. The van der Waals surface area contributed by atoms with Gasteiger partial charge in [-0.15, -0.1) is 0 Å². The summed E-state index contributed by atoms with van der Waals surface area (Å²) in [6.45, 7) is 1.73. The number of rotatable bonds is 1. The van der Waals surface area contributed by atoms with Crippen molar-refractivity contribution in [2.45, 2.75) is 6.92 Å². The van der Waals surface area contributed by atoms with Crippen LogP contribution in [0, 0.1) is 6.92 Å². The predicted molar refractivity (Wildman–Crippen MR) is 38.0 cm³/mol. The van der Waals surface area contributed by atoms with E-state index in [9.17, 15) is 4.79 Å². The van der Waals surface area contributed by atoms with Crippen molar-refractivity contribution in [2.24, 2.45) is 0 Å². The number of carboxylic acid groups (broad SMARTS) is 2. The van der Waals surface area contributed by atoms with Gasteiger partial charge in [0, 0.05) is 6.07 Å².